The van der Waals surface area contributed by atoms with Crippen LogP contribution in [-0.4, -0.2) is 40.7 Å². The number of nitrogens with zero attached hydrogens (tertiary/aromatic N) is 3. The van der Waals surface area contributed by atoms with Crippen molar-refractivity contribution < 1.29 is 8.42 Å². The second-order valence-corrected chi connectivity index (χ2v) is 6.96. The van der Waals surface area contributed by atoms with Gasteiger partial charge in [0, 0.05) is 12.6 Å². The second-order valence-electron chi connectivity index (χ2n) is 4.73. The van der Waals surface area contributed by atoms with Crippen molar-refractivity contribution in [3.8, 4) is 0 Å². The molecule has 102 valence electrons. The van der Waals surface area contributed by atoms with Gasteiger partial charge in [-0.25, -0.2) is 18.1 Å². The zero-order valence-corrected chi connectivity index (χ0v) is 11.5. The van der Waals surface area contributed by atoms with Crippen molar-refractivity contribution in [1.82, 2.24) is 20.1 Å². The number of aromatic nitrogens is 3. The molecular formula is C11H20N4O2S. The summed E-state index contributed by atoms with van der Waals surface area (Å²) >= 11 is 0. The zero-order valence-electron chi connectivity index (χ0n) is 10.7. The molecule has 1 atom stereocenters. The van der Waals surface area contributed by atoms with Crippen LogP contribution in [0.3, 0.4) is 0 Å². The van der Waals surface area contributed by atoms with E-state index < -0.39 is 9.84 Å². The maximum atomic E-state index is 11.5. The summed E-state index contributed by atoms with van der Waals surface area (Å²) in [6.45, 7) is 3.52. The summed E-state index contributed by atoms with van der Waals surface area (Å²) in [7, 11) is -2.85. The molecule has 1 aromatic rings. The molecule has 0 saturated carbocycles. The largest absolute Gasteiger partial charge is 0.306 e. The third kappa shape index (κ3) is 3.52. The lowest BCUT2D eigenvalue weighted by atomic mass is 10.2. The van der Waals surface area contributed by atoms with Crippen molar-refractivity contribution in [1.29, 1.82) is 0 Å². The first kappa shape index (κ1) is 13.5. The molecule has 1 unspecified atom stereocenters. The van der Waals surface area contributed by atoms with Gasteiger partial charge < -0.3 is 5.32 Å². The van der Waals surface area contributed by atoms with Gasteiger partial charge in [0.2, 0.25) is 0 Å². The van der Waals surface area contributed by atoms with Gasteiger partial charge in [-0.05, 0) is 19.3 Å². The Hall–Kier alpha value is -0.950. The Balaban J connectivity index is 1.89. The Morgan fingerprint density at radius 1 is 1.56 bits per heavy atom. The first-order chi connectivity index (χ1) is 8.61. The number of rotatable bonds is 5. The molecule has 0 aromatic carbocycles. The van der Waals surface area contributed by atoms with E-state index in [1.807, 2.05) is 4.68 Å². The van der Waals surface area contributed by atoms with Crippen LogP contribution in [0.2, 0.25) is 0 Å². The number of nitrogens with one attached hydrogen (secondary N) is 1. The van der Waals surface area contributed by atoms with Crippen LogP contribution in [0.5, 0.6) is 0 Å². The Morgan fingerprint density at radius 2 is 2.39 bits per heavy atom. The van der Waals surface area contributed by atoms with Crippen molar-refractivity contribution in [3.63, 3.8) is 0 Å². The number of hydrogen-bond donors (Lipinski definition) is 1. The Morgan fingerprint density at radius 3 is 3.11 bits per heavy atom. The van der Waals surface area contributed by atoms with Crippen LogP contribution in [0.1, 0.15) is 32.0 Å². The lowest BCUT2D eigenvalue weighted by Crippen LogP contribution is -2.40. The van der Waals surface area contributed by atoms with Crippen molar-refractivity contribution in [3.05, 3.63) is 12.2 Å². The van der Waals surface area contributed by atoms with Crippen LogP contribution in [0.4, 0.5) is 0 Å². The molecule has 1 aliphatic heterocycles. The van der Waals surface area contributed by atoms with Gasteiger partial charge in [-0.1, -0.05) is 6.92 Å². The van der Waals surface area contributed by atoms with Crippen LogP contribution >= 0.6 is 0 Å². The quantitative estimate of drug-likeness (QED) is 0.837. The van der Waals surface area contributed by atoms with Gasteiger partial charge in [0.25, 0.3) is 0 Å². The van der Waals surface area contributed by atoms with E-state index in [-0.39, 0.29) is 11.8 Å². The van der Waals surface area contributed by atoms with E-state index in [1.54, 1.807) is 6.33 Å². The number of sulfone groups is 1. The molecule has 1 saturated heterocycles. The molecule has 1 aliphatic rings. The fraction of sp³-hybridized carbons (Fsp3) is 0.818. The minimum atomic E-state index is -2.85. The summed E-state index contributed by atoms with van der Waals surface area (Å²) in [5.74, 6) is 1.45. The van der Waals surface area contributed by atoms with Crippen molar-refractivity contribution in [2.75, 3.05) is 11.5 Å². The molecule has 1 aromatic heterocycles. The molecule has 0 aliphatic carbocycles. The van der Waals surface area contributed by atoms with E-state index in [0.29, 0.717) is 12.3 Å². The second kappa shape index (κ2) is 5.79. The lowest BCUT2D eigenvalue weighted by Gasteiger charge is -2.22. The molecule has 1 fully saturated rings. The maximum Gasteiger partial charge on any atom is 0.151 e. The van der Waals surface area contributed by atoms with E-state index in [1.165, 1.54) is 0 Å². The molecule has 0 spiro atoms. The van der Waals surface area contributed by atoms with E-state index >= 15 is 0 Å². The SMILES string of the molecule is CCCn1ncnc1CNC1CCCS(=O)(=O)C1. The van der Waals surface area contributed by atoms with Crippen LogP contribution in [0, 0.1) is 0 Å². The standard InChI is InChI=1S/C11H20N4O2S/c1-2-5-15-11(13-9-14-15)7-12-10-4-3-6-18(16,17)8-10/h9-10,12H,2-8H2,1H3. The van der Waals surface area contributed by atoms with Gasteiger partial charge in [0.05, 0.1) is 18.1 Å². The van der Waals surface area contributed by atoms with Gasteiger partial charge in [0.1, 0.15) is 12.2 Å². The lowest BCUT2D eigenvalue weighted by molar-refractivity contribution is 0.459. The Kier molecular flexibility index (Phi) is 4.34. The average molecular weight is 272 g/mol. The molecular weight excluding hydrogens is 252 g/mol. The molecule has 0 amide bonds. The minimum absolute atomic E-state index is 0.0514. The Labute approximate surface area is 108 Å². The van der Waals surface area contributed by atoms with Crippen LogP contribution in [-0.2, 0) is 22.9 Å². The highest BCUT2D eigenvalue weighted by Gasteiger charge is 2.24. The summed E-state index contributed by atoms with van der Waals surface area (Å²) in [5.41, 5.74) is 0. The average Bonchev–Trinajstić information content (AvgIpc) is 2.73. The monoisotopic (exact) mass is 272 g/mol. The highest BCUT2D eigenvalue weighted by Crippen LogP contribution is 2.12. The summed E-state index contributed by atoms with van der Waals surface area (Å²) in [6, 6.07) is 0.0514. The van der Waals surface area contributed by atoms with Gasteiger partial charge in [-0.3, -0.25) is 0 Å². The fourth-order valence-electron chi connectivity index (χ4n) is 2.24. The van der Waals surface area contributed by atoms with E-state index in [0.717, 1.165) is 31.6 Å². The van der Waals surface area contributed by atoms with E-state index in [2.05, 4.69) is 22.3 Å². The van der Waals surface area contributed by atoms with E-state index in [4.69, 9.17) is 0 Å². The number of aryl methyl sites for hydroxylation is 1. The molecule has 0 radical (unpaired) electrons. The van der Waals surface area contributed by atoms with Crippen LogP contribution < -0.4 is 5.32 Å². The molecule has 1 N–H and O–H groups in total. The molecule has 18 heavy (non-hydrogen) atoms. The predicted octanol–water partition coefficient (Wildman–Crippen LogP) is 0.355. The molecule has 7 heteroatoms. The van der Waals surface area contributed by atoms with Crippen LogP contribution in [0.25, 0.3) is 0 Å². The topological polar surface area (TPSA) is 76.9 Å². The van der Waals surface area contributed by atoms with Crippen molar-refractivity contribution in [2.24, 2.45) is 0 Å². The molecule has 2 rings (SSSR count). The highest BCUT2D eigenvalue weighted by atomic mass is 32.2. The summed E-state index contributed by atoms with van der Waals surface area (Å²) in [5, 5.41) is 7.42. The summed E-state index contributed by atoms with van der Waals surface area (Å²) in [6.07, 6.45) is 4.22. The highest BCUT2D eigenvalue weighted by molar-refractivity contribution is 7.91. The smallest absolute Gasteiger partial charge is 0.151 e. The van der Waals surface area contributed by atoms with Crippen molar-refractivity contribution >= 4 is 9.84 Å². The summed E-state index contributed by atoms with van der Waals surface area (Å²) in [4.78, 5) is 4.20. The maximum absolute atomic E-state index is 11.5. The van der Waals surface area contributed by atoms with Crippen LogP contribution in [0.15, 0.2) is 6.33 Å². The zero-order chi connectivity index (χ0) is 13.0. The minimum Gasteiger partial charge on any atom is -0.306 e. The van der Waals surface area contributed by atoms with Gasteiger partial charge in [-0.15, -0.1) is 0 Å². The van der Waals surface area contributed by atoms with Gasteiger partial charge in [0.15, 0.2) is 9.84 Å². The van der Waals surface area contributed by atoms with Gasteiger partial charge in [-0.2, -0.15) is 5.10 Å². The van der Waals surface area contributed by atoms with Crippen molar-refractivity contribution in [2.45, 2.75) is 45.3 Å². The fourth-order valence-corrected chi connectivity index (χ4v) is 3.91. The number of hydrogen-bond acceptors (Lipinski definition) is 5. The molecule has 0 bridgehead atoms. The molecule has 2 heterocycles. The van der Waals surface area contributed by atoms with E-state index in [9.17, 15) is 8.42 Å². The third-order valence-corrected chi connectivity index (χ3v) is 4.96. The Bertz CT molecular complexity index is 483. The normalized spacial score (nSPS) is 23.1. The first-order valence-corrected chi connectivity index (χ1v) is 8.23. The van der Waals surface area contributed by atoms with Gasteiger partial charge >= 0.3 is 0 Å². The summed E-state index contributed by atoms with van der Waals surface area (Å²) < 4.78 is 24.9. The predicted molar refractivity (Wildman–Crippen MR) is 68.8 cm³/mol. The third-order valence-electron chi connectivity index (χ3n) is 3.14. The first-order valence-electron chi connectivity index (χ1n) is 6.41. The molecule has 6 nitrogen and oxygen atoms in total.